The molecule has 1 amide bonds. The van der Waals surface area contributed by atoms with Crippen molar-refractivity contribution in [3.8, 4) is 0 Å². The summed E-state index contributed by atoms with van der Waals surface area (Å²) in [5.74, 6) is 1.70. The second kappa shape index (κ2) is 5.41. The van der Waals surface area contributed by atoms with Crippen molar-refractivity contribution in [3.63, 3.8) is 0 Å². The quantitative estimate of drug-likeness (QED) is 0.753. The van der Waals surface area contributed by atoms with E-state index in [0.29, 0.717) is 17.2 Å². The highest BCUT2D eigenvalue weighted by Gasteiger charge is 2.33. The van der Waals surface area contributed by atoms with Gasteiger partial charge in [0.15, 0.2) is 0 Å². The first-order valence-corrected chi connectivity index (χ1v) is 7.38. The first kappa shape index (κ1) is 12.2. The number of hydrogen-bond donors (Lipinski definition) is 1. The largest absolute Gasteiger partial charge is 0.338 e. The fourth-order valence-corrected chi connectivity index (χ4v) is 3.64. The minimum absolute atomic E-state index is 0.228. The zero-order chi connectivity index (χ0) is 11.5. The Morgan fingerprint density at radius 2 is 2.25 bits per heavy atom. The van der Waals surface area contributed by atoms with Crippen LogP contribution >= 0.6 is 11.8 Å². The predicted molar refractivity (Wildman–Crippen MR) is 68.7 cm³/mol. The van der Waals surface area contributed by atoms with Crippen molar-refractivity contribution in [2.75, 3.05) is 25.4 Å². The molecule has 2 rings (SSSR count). The van der Waals surface area contributed by atoms with E-state index in [2.05, 4.69) is 24.1 Å². The normalized spacial score (nSPS) is 36.1. The molecule has 2 aliphatic heterocycles. The molecular formula is C12H22N2OS. The van der Waals surface area contributed by atoms with Gasteiger partial charge in [-0.1, -0.05) is 6.92 Å². The van der Waals surface area contributed by atoms with Crippen molar-refractivity contribution >= 4 is 17.7 Å². The van der Waals surface area contributed by atoms with Gasteiger partial charge >= 0.3 is 0 Å². The Hall–Kier alpha value is -0.220. The van der Waals surface area contributed by atoms with Gasteiger partial charge in [-0.2, -0.15) is 11.8 Å². The lowest BCUT2D eigenvalue weighted by Gasteiger charge is -2.40. The van der Waals surface area contributed by atoms with E-state index in [1.54, 1.807) is 0 Å². The van der Waals surface area contributed by atoms with Gasteiger partial charge in [-0.25, -0.2) is 0 Å². The second-order valence-corrected chi connectivity index (χ2v) is 6.38. The number of carbonyl (C=O) groups excluding carboxylic acids is 1. The summed E-state index contributed by atoms with van der Waals surface area (Å²) in [5.41, 5.74) is 0. The lowest BCUT2D eigenvalue weighted by Crippen LogP contribution is -2.52. The highest BCUT2D eigenvalue weighted by atomic mass is 32.2. The van der Waals surface area contributed by atoms with E-state index in [0.717, 1.165) is 38.2 Å². The van der Waals surface area contributed by atoms with Crippen LogP contribution in [-0.2, 0) is 4.79 Å². The van der Waals surface area contributed by atoms with E-state index >= 15 is 0 Å². The standard InChI is InChI=1S/C12H22N2OS/c1-9-10(2)16-7-6-14(9)12(15)11-4-3-5-13-8-11/h9-11,13H,3-8H2,1-2H3/t9?,10?,11-/m1/s1. The molecule has 0 spiro atoms. The number of rotatable bonds is 1. The average molecular weight is 242 g/mol. The molecule has 2 fully saturated rings. The molecule has 2 aliphatic rings. The third kappa shape index (κ3) is 2.54. The SMILES string of the molecule is CC1SCCN(C(=O)[C@@H]2CCCNC2)C1C. The molecule has 2 unspecified atom stereocenters. The van der Waals surface area contributed by atoms with Crippen LogP contribution in [-0.4, -0.2) is 47.5 Å². The Morgan fingerprint density at radius 1 is 1.44 bits per heavy atom. The number of nitrogens with one attached hydrogen (secondary N) is 1. The van der Waals surface area contributed by atoms with Crippen LogP contribution in [0.25, 0.3) is 0 Å². The molecule has 0 aromatic carbocycles. The summed E-state index contributed by atoms with van der Waals surface area (Å²) in [6.45, 7) is 7.31. The monoisotopic (exact) mass is 242 g/mol. The smallest absolute Gasteiger partial charge is 0.227 e. The Kier molecular flexibility index (Phi) is 4.14. The molecule has 0 radical (unpaired) electrons. The maximum absolute atomic E-state index is 12.4. The van der Waals surface area contributed by atoms with Crippen molar-refractivity contribution in [1.82, 2.24) is 10.2 Å². The second-order valence-electron chi connectivity index (χ2n) is 4.89. The lowest BCUT2D eigenvalue weighted by molar-refractivity contribution is -0.138. The number of thioether (sulfide) groups is 1. The summed E-state index contributed by atoms with van der Waals surface area (Å²) < 4.78 is 0. The van der Waals surface area contributed by atoms with Gasteiger partial charge in [0, 0.05) is 30.1 Å². The Bertz CT molecular complexity index is 253. The molecular weight excluding hydrogens is 220 g/mol. The minimum atomic E-state index is 0.228. The van der Waals surface area contributed by atoms with Gasteiger partial charge in [-0.3, -0.25) is 4.79 Å². The molecule has 1 N–H and O–H groups in total. The van der Waals surface area contributed by atoms with Crippen molar-refractivity contribution in [3.05, 3.63) is 0 Å². The molecule has 3 atom stereocenters. The lowest BCUT2D eigenvalue weighted by atomic mass is 9.97. The number of piperidine rings is 1. The number of amides is 1. The van der Waals surface area contributed by atoms with Crippen molar-refractivity contribution in [1.29, 1.82) is 0 Å². The Labute approximate surface area is 102 Å². The van der Waals surface area contributed by atoms with Crippen LogP contribution in [0.15, 0.2) is 0 Å². The summed E-state index contributed by atoms with van der Waals surface area (Å²) in [7, 11) is 0. The van der Waals surface area contributed by atoms with Gasteiger partial charge in [0.2, 0.25) is 5.91 Å². The van der Waals surface area contributed by atoms with Crippen LogP contribution in [0, 0.1) is 5.92 Å². The van der Waals surface area contributed by atoms with E-state index in [1.165, 1.54) is 0 Å². The summed E-state index contributed by atoms with van der Waals surface area (Å²) in [6.07, 6.45) is 2.21. The van der Waals surface area contributed by atoms with Gasteiger partial charge in [-0.05, 0) is 26.3 Å². The van der Waals surface area contributed by atoms with E-state index in [9.17, 15) is 4.79 Å². The number of carbonyl (C=O) groups is 1. The van der Waals surface area contributed by atoms with E-state index in [1.807, 2.05) is 11.8 Å². The fourth-order valence-electron chi connectivity index (χ4n) is 2.54. The van der Waals surface area contributed by atoms with Gasteiger partial charge in [0.25, 0.3) is 0 Å². The van der Waals surface area contributed by atoms with Gasteiger partial charge in [0.05, 0.1) is 5.92 Å². The highest BCUT2D eigenvalue weighted by Crippen LogP contribution is 2.26. The van der Waals surface area contributed by atoms with Crippen LogP contribution in [0.3, 0.4) is 0 Å². The third-order valence-corrected chi connectivity index (χ3v) is 5.15. The average Bonchev–Trinajstić information content (AvgIpc) is 2.33. The topological polar surface area (TPSA) is 32.3 Å². The number of nitrogens with zero attached hydrogens (tertiary/aromatic N) is 1. The predicted octanol–water partition coefficient (Wildman–Crippen LogP) is 1.34. The van der Waals surface area contributed by atoms with Gasteiger partial charge < -0.3 is 10.2 Å². The molecule has 92 valence electrons. The molecule has 4 heteroatoms. The molecule has 0 saturated carbocycles. The Balaban J connectivity index is 1.96. The molecule has 0 bridgehead atoms. The van der Waals surface area contributed by atoms with Crippen LogP contribution in [0.4, 0.5) is 0 Å². The number of hydrogen-bond acceptors (Lipinski definition) is 3. The summed E-state index contributed by atoms with van der Waals surface area (Å²) in [5, 5.41) is 3.91. The maximum Gasteiger partial charge on any atom is 0.227 e. The van der Waals surface area contributed by atoms with E-state index in [-0.39, 0.29) is 5.92 Å². The Morgan fingerprint density at radius 3 is 2.94 bits per heavy atom. The van der Waals surface area contributed by atoms with Gasteiger partial charge in [-0.15, -0.1) is 0 Å². The first-order chi connectivity index (χ1) is 7.70. The zero-order valence-electron chi connectivity index (χ0n) is 10.2. The summed E-state index contributed by atoms with van der Waals surface area (Å²) in [4.78, 5) is 14.5. The molecule has 0 aliphatic carbocycles. The minimum Gasteiger partial charge on any atom is -0.338 e. The van der Waals surface area contributed by atoms with E-state index < -0.39 is 0 Å². The van der Waals surface area contributed by atoms with Crippen molar-refractivity contribution in [2.45, 2.75) is 38.0 Å². The van der Waals surface area contributed by atoms with Gasteiger partial charge in [0.1, 0.15) is 0 Å². The zero-order valence-corrected chi connectivity index (χ0v) is 11.1. The molecule has 16 heavy (non-hydrogen) atoms. The van der Waals surface area contributed by atoms with E-state index in [4.69, 9.17) is 0 Å². The van der Waals surface area contributed by atoms with Crippen LogP contribution in [0.2, 0.25) is 0 Å². The van der Waals surface area contributed by atoms with Crippen molar-refractivity contribution in [2.24, 2.45) is 5.92 Å². The molecule has 2 heterocycles. The molecule has 3 nitrogen and oxygen atoms in total. The van der Waals surface area contributed by atoms with Crippen LogP contribution < -0.4 is 5.32 Å². The highest BCUT2D eigenvalue weighted by molar-refractivity contribution is 8.00. The molecule has 0 aromatic rings. The molecule has 0 aromatic heterocycles. The fraction of sp³-hybridized carbons (Fsp3) is 0.917. The van der Waals surface area contributed by atoms with Crippen LogP contribution in [0.5, 0.6) is 0 Å². The maximum atomic E-state index is 12.4. The first-order valence-electron chi connectivity index (χ1n) is 6.33. The van der Waals surface area contributed by atoms with Crippen LogP contribution in [0.1, 0.15) is 26.7 Å². The van der Waals surface area contributed by atoms with Crippen molar-refractivity contribution < 1.29 is 4.79 Å². The summed E-state index contributed by atoms with van der Waals surface area (Å²) in [6, 6.07) is 0.396. The summed E-state index contributed by atoms with van der Waals surface area (Å²) >= 11 is 1.98. The molecule has 2 saturated heterocycles. The third-order valence-electron chi connectivity index (χ3n) is 3.81.